The molecule has 29 heavy (non-hydrogen) atoms. The molecule has 152 valence electrons. The first-order chi connectivity index (χ1) is 13.6. The van der Waals surface area contributed by atoms with Gasteiger partial charge in [0.15, 0.2) is 10.3 Å². The van der Waals surface area contributed by atoms with Crippen molar-refractivity contribution in [2.24, 2.45) is 0 Å². The summed E-state index contributed by atoms with van der Waals surface area (Å²) in [5.74, 6) is 0. The first-order valence-corrected chi connectivity index (χ1v) is 12.6. The van der Waals surface area contributed by atoms with Gasteiger partial charge in [0.25, 0.3) is 20.2 Å². The van der Waals surface area contributed by atoms with Gasteiger partial charge in [0.05, 0.1) is 36.9 Å². The van der Waals surface area contributed by atoms with E-state index in [9.17, 15) is 16.8 Å². The zero-order valence-electron chi connectivity index (χ0n) is 14.2. The molecule has 0 spiro atoms. The zero-order valence-corrected chi connectivity index (χ0v) is 17.5. The van der Waals surface area contributed by atoms with E-state index in [2.05, 4.69) is 19.9 Å². The minimum absolute atomic E-state index is 0.217. The fourth-order valence-electron chi connectivity index (χ4n) is 2.53. The monoisotopic (exact) mass is 472 g/mol. The molecule has 0 aliphatic rings. The van der Waals surface area contributed by atoms with Gasteiger partial charge in [-0.3, -0.25) is 9.11 Å². The molecule has 0 unspecified atom stereocenters. The third-order valence-electron chi connectivity index (χ3n) is 3.85. The molecular formula is C15H12N4O6S4. The maximum atomic E-state index is 11.2. The number of H-pyrrole nitrogens is 2. The highest BCUT2D eigenvalue weighted by molar-refractivity contribution is 8.15. The molecule has 0 amide bonds. The number of imidazole rings is 2. The van der Waals surface area contributed by atoms with Gasteiger partial charge in [-0.2, -0.15) is 16.8 Å². The van der Waals surface area contributed by atoms with Gasteiger partial charge < -0.3 is 9.97 Å². The molecule has 0 atom stereocenters. The number of fused-ring (bicyclic) bond motifs is 2. The van der Waals surface area contributed by atoms with Gasteiger partial charge in [-0.1, -0.05) is 23.5 Å². The lowest BCUT2D eigenvalue weighted by Crippen LogP contribution is -1.97. The molecule has 0 saturated carbocycles. The van der Waals surface area contributed by atoms with E-state index in [1.165, 1.54) is 59.9 Å². The molecule has 0 fully saturated rings. The van der Waals surface area contributed by atoms with Crippen molar-refractivity contribution in [1.82, 2.24) is 19.9 Å². The Bertz CT molecular complexity index is 1330. The second kappa shape index (κ2) is 7.30. The fraction of sp³-hybridized carbons (Fsp3) is 0.0667. The quantitative estimate of drug-likeness (QED) is 0.186. The average Bonchev–Trinajstić information content (AvgIpc) is 3.21. The van der Waals surface area contributed by atoms with Crippen LogP contribution in [-0.4, -0.2) is 51.0 Å². The number of aromatic amines is 2. The molecular weight excluding hydrogens is 460 g/mol. The number of hydrogen-bond acceptors (Lipinski definition) is 8. The SMILES string of the molecule is O=S(=O)(O)c1ccc2nc(SCSc3nc4ccc(S(=O)(=O)O)cc4[nH]3)[nH]c2c1. The largest absolute Gasteiger partial charge is 0.333 e. The van der Waals surface area contributed by atoms with E-state index in [4.69, 9.17) is 9.11 Å². The summed E-state index contributed by atoms with van der Waals surface area (Å²) in [6.07, 6.45) is 0. The van der Waals surface area contributed by atoms with E-state index < -0.39 is 20.2 Å². The van der Waals surface area contributed by atoms with Gasteiger partial charge in [-0.15, -0.1) is 0 Å². The minimum atomic E-state index is -4.29. The van der Waals surface area contributed by atoms with Gasteiger partial charge in [-0.05, 0) is 36.4 Å². The molecule has 0 radical (unpaired) electrons. The van der Waals surface area contributed by atoms with Crippen molar-refractivity contribution < 1.29 is 25.9 Å². The molecule has 0 saturated heterocycles. The van der Waals surface area contributed by atoms with Crippen molar-refractivity contribution in [1.29, 1.82) is 0 Å². The Morgan fingerprint density at radius 2 is 1.17 bits per heavy atom. The van der Waals surface area contributed by atoms with Gasteiger partial charge in [0, 0.05) is 0 Å². The Kier molecular flexibility index (Phi) is 5.08. The Hall–Kier alpha value is -2.10. The summed E-state index contributed by atoms with van der Waals surface area (Å²) < 4.78 is 63.1. The van der Waals surface area contributed by atoms with Crippen molar-refractivity contribution in [3.8, 4) is 0 Å². The normalized spacial score (nSPS) is 12.8. The number of nitrogens with zero attached hydrogens (tertiary/aromatic N) is 2. The third-order valence-corrected chi connectivity index (χ3v) is 7.43. The van der Waals surface area contributed by atoms with Crippen LogP contribution < -0.4 is 0 Å². The predicted molar refractivity (Wildman–Crippen MR) is 108 cm³/mol. The maximum Gasteiger partial charge on any atom is 0.294 e. The summed E-state index contributed by atoms with van der Waals surface area (Å²) >= 11 is 2.72. The molecule has 0 aliphatic carbocycles. The van der Waals surface area contributed by atoms with Crippen LogP contribution in [0.2, 0.25) is 0 Å². The van der Waals surface area contributed by atoms with E-state index in [0.717, 1.165) is 0 Å². The maximum absolute atomic E-state index is 11.2. The molecule has 10 nitrogen and oxygen atoms in total. The third kappa shape index (κ3) is 4.41. The number of benzene rings is 2. The van der Waals surface area contributed by atoms with Crippen LogP contribution >= 0.6 is 23.5 Å². The average molecular weight is 473 g/mol. The van der Waals surface area contributed by atoms with Crippen LogP contribution in [0, 0.1) is 0 Å². The van der Waals surface area contributed by atoms with Crippen molar-refractivity contribution in [2.75, 3.05) is 5.08 Å². The van der Waals surface area contributed by atoms with Crippen molar-refractivity contribution >= 4 is 65.8 Å². The number of hydrogen-bond donors (Lipinski definition) is 4. The number of nitrogens with one attached hydrogen (secondary N) is 2. The molecule has 0 bridgehead atoms. The predicted octanol–water partition coefficient (Wildman–Crippen LogP) is 2.77. The van der Waals surface area contributed by atoms with Crippen LogP contribution in [0.25, 0.3) is 22.1 Å². The molecule has 0 aliphatic heterocycles. The molecule has 2 heterocycles. The smallest absolute Gasteiger partial charge is 0.294 e. The topological polar surface area (TPSA) is 166 Å². The number of rotatable bonds is 6. The zero-order chi connectivity index (χ0) is 20.8. The highest BCUT2D eigenvalue weighted by Crippen LogP contribution is 2.28. The van der Waals surface area contributed by atoms with E-state index in [0.29, 0.717) is 37.5 Å². The second-order valence-corrected chi connectivity index (χ2v) is 10.9. The standard InChI is InChI=1S/C15H12N4O6S4/c20-28(21,22)8-1-3-10-12(5-8)18-14(16-10)26-7-27-15-17-11-4-2-9(29(23,24)25)6-13(11)19-15/h1-6H,7H2,(H,16,18)(H,17,19)(H,20,21,22)(H,23,24,25). The van der Waals surface area contributed by atoms with Crippen LogP contribution in [0.4, 0.5) is 0 Å². The highest BCUT2D eigenvalue weighted by atomic mass is 32.2. The van der Waals surface area contributed by atoms with Crippen LogP contribution in [0.5, 0.6) is 0 Å². The van der Waals surface area contributed by atoms with Crippen LogP contribution in [0.3, 0.4) is 0 Å². The van der Waals surface area contributed by atoms with Crippen molar-refractivity contribution in [3.05, 3.63) is 36.4 Å². The first kappa shape index (κ1) is 20.2. The molecule has 14 heteroatoms. The summed E-state index contributed by atoms with van der Waals surface area (Å²) in [4.78, 5) is 14.2. The van der Waals surface area contributed by atoms with Gasteiger partial charge in [0.1, 0.15) is 0 Å². The Morgan fingerprint density at radius 1 is 0.759 bits per heavy atom. The van der Waals surface area contributed by atoms with E-state index in [1.807, 2.05) is 0 Å². The molecule has 2 aromatic heterocycles. The molecule has 4 N–H and O–H groups in total. The lowest BCUT2D eigenvalue weighted by molar-refractivity contribution is 0.481. The summed E-state index contributed by atoms with van der Waals surface area (Å²) in [6, 6.07) is 8.16. The van der Waals surface area contributed by atoms with E-state index in [1.54, 1.807) is 0 Å². The van der Waals surface area contributed by atoms with Gasteiger partial charge >= 0.3 is 0 Å². The lowest BCUT2D eigenvalue weighted by Gasteiger charge is -1.95. The molecule has 2 aromatic carbocycles. The van der Waals surface area contributed by atoms with Crippen molar-refractivity contribution in [2.45, 2.75) is 20.1 Å². The summed E-state index contributed by atoms with van der Waals surface area (Å²) in [7, 11) is -8.58. The van der Waals surface area contributed by atoms with Gasteiger partial charge in [0.2, 0.25) is 0 Å². The highest BCUT2D eigenvalue weighted by Gasteiger charge is 2.14. The second-order valence-electron chi connectivity index (χ2n) is 5.80. The van der Waals surface area contributed by atoms with Gasteiger partial charge in [-0.25, -0.2) is 9.97 Å². The number of thioether (sulfide) groups is 2. The van der Waals surface area contributed by atoms with Crippen molar-refractivity contribution in [3.63, 3.8) is 0 Å². The Morgan fingerprint density at radius 3 is 1.55 bits per heavy atom. The summed E-state index contributed by atoms with van der Waals surface area (Å²) in [5.41, 5.74) is 2.08. The summed E-state index contributed by atoms with van der Waals surface area (Å²) in [6.45, 7) is 0. The van der Waals surface area contributed by atoms with E-state index in [-0.39, 0.29) is 9.79 Å². The Balaban J connectivity index is 1.47. The number of aromatic nitrogens is 4. The van der Waals surface area contributed by atoms with Crippen LogP contribution in [0.1, 0.15) is 0 Å². The lowest BCUT2D eigenvalue weighted by atomic mass is 10.3. The van der Waals surface area contributed by atoms with E-state index >= 15 is 0 Å². The van der Waals surface area contributed by atoms with Crippen LogP contribution in [-0.2, 0) is 20.2 Å². The fourth-order valence-corrected chi connectivity index (χ4v) is 5.36. The minimum Gasteiger partial charge on any atom is -0.333 e. The molecule has 4 rings (SSSR count). The van der Waals surface area contributed by atoms with Crippen LogP contribution in [0.15, 0.2) is 56.5 Å². The Labute approximate surface area is 173 Å². The molecule has 4 aromatic rings. The summed E-state index contributed by atoms with van der Waals surface area (Å²) in [5, 5.41) is 1.63. The first-order valence-electron chi connectivity index (χ1n) is 7.80.